The van der Waals surface area contributed by atoms with Gasteiger partial charge in [-0.3, -0.25) is 4.72 Å². The zero-order valence-electron chi connectivity index (χ0n) is 15.3. The van der Waals surface area contributed by atoms with Gasteiger partial charge in [0.15, 0.2) is 0 Å². The molecule has 0 unspecified atom stereocenters. The summed E-state index contributed by atoms with van der Waals surface area (Å²) in [5, 5.41) is 0. The second-order valence-electron chi connectivity index (χ2n) is 8.15. The van der Waals surface area contributed by atoms with Crippen molar-refractivity contribution in [2.24, 2.45) is 0 Å². The van der Waals surface area contributed by atoms with E-state index in [0.29, 0.717) is 5.69 Å². The Labute approximate surface area is 146 Å². The van der Waals surface area contributed by atoms with Crippen LogP contribution in [0.3, 0.4) is 0 Å². The summed E-state index contributed by atoms with van der Waals surface area (Å²) >= 11 is 0. The molecule has 0 radical (unpaired) electrons. The van der Waals surface area contributed by atoms with Crippen LogP contribution in [0, 0.1) is 0 Å². The minimum Gasteiger partial charge on any atom is -0.279 e. The summed E-state index contributed by atoms with van der Waals surface area (Å²) in [6.45, 7) is 12.6. The Morgan fingerprint density at radius 2 is 1.17 bits per heavy atom. The number of para-hydroxylation sites is 1. The Morgan fingerprint density at radius 1 is 0.708 bits per heavy atom. The van der Waals surface area contributed by atoms with Gasteiger partial charge >= 0.3 is 0 Å². The molecule has 2 aromatic rings. The molecule has 1 N–H and O–H groups in total. The van der Waals surface area contributed by atoms with Crippen molar-refractivity contribution in [3.8, 4) is 0 Å². The van der Waals surface area contributed by atoms with E-state index in [9.17, 15) is 8.42 Å². The Bertz CT molecular complexity index is 779. The first-order valence-corrected chi connectivity index (χ1v) is 9.63. The summed E-state index contributed by atoms with van der Waals surface area (Å²) in [6.07, 6.45) is 0. The highest BCUT2D eigenvalue weighted by molar-refractivity contribution is 7.92. The number of sulfonamides is 1. The molecule has 3 nitrogen and oxygen atoms in total. The minimum atomic E-state index is -3.63. The van der Waals surface area contributed by atoms with Crippen LogP contribution in [0.1, 0.15) is 52.7 Å². The Kier molecular flexibility index (Phi) is 4.82. The Hall–Kier alpha value is -1.81. The summed E-state index contributed by atoms with van der Waals surface area (Å²) in [7, 11) is -3.63. The molecule has 2 rings (SSSR count). The first-order chi connectivity index (χ1) is 10.9. The molecule has 0 saturated heterocycles. The van der Waals surface area contributed by atoms with E-state index < -0.39 is 10.0 Å². The molecule has 0 amide bonds. The highest BCUT2D eigenvalue weighted by Gasteiger charge is 2.28. The third kappa shape index (κ3) is 3.99. The van der Waals surface area contributed by atoms with Crippen LogP contribution in [0.5, 0.6) is 0 Å². The number of hydrogen-bond donors (Lipinski definition) is 1. The number of rotatable bonds is 3. The molecule has 0 aliphatic heterocycles. The molecule has 130 valence electrons. The fraction of sp³-hybridized carbons (Fsp3) is 0.400. The van der Waals surface area contributed by atoms with Gasteiger partial charge in [-0.15, -0.1) is 0 Å². The van der Waals surface area contributed by atoms with E-state index in [1.165, 1.54) is 0 Å². The second-order valence-corrected chi connectivity index (χ2v) is 9.83. The van der Waals surface area contributed by atoms with Gasteiger partial charge in [-0.2, -0.15) is 0 Å². The molecule has 0 aliphatic rings. The first-order valence-electron chi connectivity index (χ1n) is 8.15. The summed E-state index contributed by atoms with van der Waals surface area (Å²) in [5.41, 5.74) is 2.34. The van der Waals surface area contributed by atoms with E-state index in [1.54, 1.807) is 24.3 Å². The van der Waals surface area contributed by atoms with Gasteiger partial charge in [-0.05, 0) is 34.1 Å². The van der Waals surface area contributed by atoms with Gasteiger partial charge < -0.3 is 0 Å². The zero-order chi connectivity index (χ0) is 18.2. The van der Waals surface area contributed by atoms with Crippen molar-refractivity contribution >= 4 is 15.7 Å². The Balaban J connectivity index is 2.64. The maximum atomic E-state index is 12.8. The number of benzene rings is 2. The van der Waals surface area contributed by atoms with Crippen molar-refractivity contribution in [1.82, 2.24) is 0 Å². The SMILES string of the molecule is CC(C)(C)c1cccc(C(C)(C)C)c1NS(=O)(=O)c1ccccc1. The standard InChI is InChI=1S/C20H27NO2S/c1-19(2,3)16-13-10-14-17(20(4,5)6)18(16)21-24(22,23)15-11-8-7-9-12-15/h7-14,21H,1-6H3. The zero-order valence-corrected chi connectivity index (χ0v) is 16.2. The molecule has 0 saturated carbocycles. The maximum Gasteiger partial charge on any atom is 0.261 e. The fourth-order valence-corrected chi connectivity index (χ4v) is 3.83. The van der Waals surface area contributed by atoms with Crippen LogP contribution in [-0.4, -0.2) is 8.42 Å². The summed E-state index contributed by atoms with van der Waals surface area (Å²) in [6, 6.07) is 14.5. The summed E-state index contributed by atoms with van der Waals surface area (Å²) < 4.78 is 28.6. The fourth-order valence-electron chi connectivity index (χ4n) is 2.71. The third-order valence-corrected chi connectivity index (χ3v) is 5.34. The lowest BCUT2D eigenvalue weighted by Gasteiger charge is -2.30. The van der Waals surface area contributed by atoms with Crippen molar-refractivity contribution in [1.29, 1.82) is 0 Å². The van der Waals surface area contributed by atoms with Crippen LogP contribution < -0.4 is 4.72 Å². The molecule has 24 heavy (non-hydrogen) atoms. The number of hydrogen-bond acceptors (Lipinski definition) is 2. The normalized spacial score (nSPS) is 12.9. The lowest BCUT2D eigenvalue weighted by atomic mass is 9.79. The predicted molar refractivity (Wildman–Crippen MR) is 101 cm³/mol. The van der Waals surface area contributed by atoms with Gasteiger partial charge in [0.2, 0.25) is 0 Å². The molecule has 0 bridgehead atoms. The van der Waals surface area contributed by atoms with E-state index in [-0.39, 0.29) is 15.7 Å². The van der Waals surface area contributed by atoms with Crippen LogP contribution in [-0.2, 0) is 20.9 Å². The van der Waals surface area contributed by atoms with Gasteiger partial charge in [0.1, 0.15) is 0 Å². The van der Waals surface area contributed by atoms with Gasteiger partial charge in [0.05, 0.1) is 10.6 Å². The van der Waals surface area contributed by atoms with Crippen LogP contribution >= 0.6 is 0 Å². The molecular weight excluding hydrogens is 318 g/mol. The van der Waals surface area contributed by atoms with Crippen LogP contribution in [0.15, 0.2) is 53.4 Å². The number of anilines is 1. The van der Waals surface area contributed by atoms with Crippen molar-refractivity contribution in [3.63, 3.8) is 0 Å². The molecule has 0 aliphatic carbocycles. The van der Waals surface area contributed by atoms with Crippen LogP contribution in [0.4, 0.5) is 5.69 Å². The molecule has 4 heteroatoms. The second kappa shape index (κ2) is 6.25. The van der Waals surface area contributed by atoms with Gasteiger partial charge in [0.25, 0.3) is 10.0 Å². The molecule has 0 atom stereocenters. The van der Waals surface area contributed by atoms with Crippen molar-refractivity contribution in [3.05, 3.63) is 59.7 Å². The lowest BCUT2D eigenvalue weighted by Crippen LogP contribution is -2.24. The van der Waals surface area contributed by atoms with E-state index in [2.05, 4.69) is 46.3 Å². The molecule has 0 fully saturated rings. The monoisotopic (exact) mass is 345 g/mol. The highest BCUT2D eigenvalue weighted by atomic mass is 32.2. The number of nitrogens with one attached hydrogen (secondary N) is 1. The molecule has 0 heterocycles. The lowest BCUT2D eigenvalue weighted by molar-refractivity contribution is 0.571. The largest absolute Gasteiger partial charge is 0.279 e. The Morgan fingerprint density at radius 3 is 1.58 bits per heavy atom. The van der Waals surface area contributed by atoms with E-state index in [1.807, 2.05) is 24.3 Å². The van der Waals surface area contributed by atoms with Crippen molar-refractivity contribution in [2.75, 3.05) is 4.72 Å². The maximum absolute atomic E-state index is 12.8. The first kappa shape index (κ1) is 18.5. The predicted octanol–water partition coefficient (Wildman–Crippen LogP) is 5.08. The highest BCUT2D eigenvalue weighted by Crippen LogP contribution is 2.38. The molecule has 0 aromatic heterocycles. The van der Waals surface area contributed by atoms with E-state index in [0.717, 1.165) is 11.1 Å². The van der Waals surface area contributed by atoms with Crippen LogP contribution in [0.25, 0.3) is 0 Å². The third-order valence-electron chi connectivity index (χ3n) is 3.97. The van der Waals surface area contributed by atoms with Crippen molar-refractivity contribution < 1.29 is 8.42 Å². The van der Waals surface area contributed by atoms with E-state index in [4.69, 9.17) is 0 Å². The summed E-state index contributed by atoms with van der Waals surface area (Å²) in [4.78, 5) is 0.272. The smallest absolute Gasteiger partial charge is 0.261 e. The molecular formula is C20H27NO2S. The average Bonchev–Trinajstić information content (AvgIpc) is 2.45. The van der Waals surface area contributed by atoms with Gasteiger partial charge in [0, 0.05) is 0 Å². The molecule has 2 aromatic carbocycles. The summed E-state index contributed by atoms with van der Waals surface area (Å²) in [5.74, 6) is 0. The van der Waals surface area contributed by atoms with Gasteiger partial charge in [-0.25, -0.2) is 8.42 Å². The van der Waals surface area contributed by atoms with E-state index >= 15 is 0 Å². The molecule has 0 spiro atoms. The topological polar surface area (TPSA) is 46.2 Å². The minimum absolute atomic E-state index is 0.171. The van der Waals surface area contributed by atoms with Crippen LogP contribution in [0.2, 0.25) is 0 Å². The average molecular weight is 346 g/mol. The van der Waals surface area contributed by atoms with Crippen molar-refractivity contribution in [2.45, 2.75) is 57.3 Å². The van der Waals surface area contributed by atoms with Gasteiger partial charge in [-0.1, -0.05) is 77.9 Å². The quantitative estimate of drug-likeness (QED) is 0.843.